The van der Waals surface area contributed by atoms with E-state index in [0.29, 0.717) is 18.3 Å². The molecule has 2 unspecified atom stereocenters. The minimum atomic E-state index is -0.375. The lowest BCUT2D eigenvalue weighted by Gasteiger charge is -2.23. The van der Waals surface area contributed by atoms with Crippen LogP contribution in [0.1, 0.15) is 31.9 Å². The van der Waals surface area contributed by atoms with E-state index in [1.54, 1.807) is 0 Å². The van der Waals surface area contributed by atoms with Crippen LogP contribution in [0, 0.1) is 0 Å². The maximum absolute atomic E-state index is 11.3. The fourth-order valence-corrected chi connectivity index (χ4v) is 3.74. The van der Waals surface area contributed by atoms with E-state index in [0.717, 1.165) is 11.5 Å². The number of aromatic hydroxyl groups is 1. The van der Waals surface area contributed by atoms with Crippen LogP contribution in [0.5, 0.6) is 5.75 Å². The van der Waals surface area contributed by atoms with Crippen LogP contribution < -0.4 is 5.43 Å². The molecule has 5 heteroatoms. The average molecular weight is 283 g/mol. The Kier molecular flexibility index (Phi) is 4.93. The summed E-state index contributed by atoms with van der Waals surface area (Å²) in [5, 5.41) is 9.93. The number of nitrogens with zero attached hydrogens (tertiary/aromatic N) is 1. The van der Waals surface area contributed by atoms with E-state index in [2.05, 4.69) is 18.9 Å². The Morgan fingerprint density at radius 2 is 2.32 bits per heavy atom. The highest BCUT2D eigenvalue weighted by Crippen LogP contribution is 2.32. The van der Waals surface area contributed by atoms with Crippen LogP contribution in [0.3, 0.4) is 0 Å². The van der Waals surface area contributed by atoms with Crippen molar-refractivity contribution in [1.29, 1.82) is 0 Å². The summed E-state index contributed by atoms with van der Waals surface area (Å²) in [6.07, 6.45) is 4.80. The van der Waals surface area contributed by atoms with Crippen LogP contribution >= 0.6 is 11.8 Å². The Bertz CT molecular complexity index is 474. The molecular formula is C14H21NO3S. The molecule has 0 bridgehead atoms. The zero-order chi connectivity index (χ0) is 13.8. The molecule has 0 saturated heterocycles. The van der Waals surface area contributed by atoms with Gasteiger partial charge in [0.2, 0.25) is 5.43 Å². The Labute approximate surface area is 117 Å². The highest BCUT2D eigenvalue weighted by molar-refractivity contribution is 7.99. The van der Waals surface area contributed by atoms with Gasteiger partial charge in [-0.3, -0.25) is 9.69 Å². The Morgan fingerprint density at radius 3 is 3.00 bits per heavy atom. The average Bonchev–Trinajstić information content (AvgIpc) is 2.83. The van der Waals surface area contributed by atoms with E-state index >= 15 is 0 Å². The lowest BCUT2D eigenvalue weighted by molar-refractivity contribution is 0.216. The molecule has 0 aliphatic heterocycles. The van der Waals surface area contributed by atoms with Crippen molar-refractivity contribution in [2.75, 3.05) is 12.8 Å². The maximum atomic E-state index is 11.3. The van der Waals surface area contributed by atoms with Gasteiger partial charge in [0, 0.05) is 17.4 Å². The number of thioether (sulfide) groups is 1. The number of hydrogen-bond acceptors (Lipinski definition) is 5. The molecule has 1 aromatic rings. The molecule has 19 heavy (non-hydrogen) atoms. The van der Waals surface area contributed by atoms with Crippen LogP contribution in [0.25, 0.3) is 0 Å². The SMILES string of the molecule is CCSC1CCC(N(C)Cc2cc(=O)c(O)co2)C1. The molecule has 2 rings (SSSR count). The van der Waals surface area contributed by atoms with E-state index < -0.39 is 0 Å². The molecule has 1 aromatic heterocycles. The molecule has 0 radical (unpaired) electrons. The van der Waals surface area contributed by atoms with Gasteiger partial charge in [0.25, 0.3) is 0 Å². The molecule has 0 spiro atoms. The highest BCUT2D eigenvalue weighted by atomic mass is 32.2. The molecule has 1 N–H and O–H groups in total. The molecule has 1 saturated carbocycles. The van der Waals surface area contributed by atoms with Gasteiger partial charge in [-0.15, -0.1) is 0 Å². The third-order valence-electron chi connectivity index (χ3n) is 3.65. The first-order chi connectivity index (χ1) is 9.10. The summed E-state index contributed by atoms with van der Waals surface area (Å²) in [4.78, 5) is 13.6. The second-order valence-corrected chi connectivity index (χ2v) is 6.63. The normalized spacial score (nSPS) is 23.1. The van der Waals surface area contributed by atoms with Gasteiger partial charge in [0.05, 0.1) is 6.54 Å². The predicted molar refractivity (Wildman–Crippen MR) is 77.7 cm³/mol. The van der Waals surface area contributed by atoms with Crippen molar-refractivity contribution >= 4 is 11.8 Å². The van der Waals surface area contributed by atoms with Crippen molar-refractivity contribution < 1.29 is 9.52 Å². The number of rotatable bonds is 5. The summed E-state index contributed by atoms with van der Waals surface area (Å²) in [6.45, 7) is 2.82. The fourth-order valence-electron chi connectivity index (χ4n) is 2.61. The van der Waals surface area contributed by atoms with Crippen molar-refractivity contribution in [2.45, 2.75) is 44.0 Å². The molecular weight excluding hydrogens is 262 g/mol. The van der Waals surface area contributed by atoms with Gasteiger partial charge in [0.15, 0.2) is 5.75 Å². The van der Waals surface area contributed by atoms with Gasteiger partial charge in [0.1, 0.15) is 12.0 Å². The van der Waals surface area contributed by atoms with Gasteiger partial charge < -0.3 is 9.52 Å². The summed E-state index contributed by atoms with van der Waals surface area (Å²) < 4.78 is 5.25. The smallest absolute Gasteiger partial charge is 0.226 e. The van der Waals surface area contributed by atoms with Crippen LogP contribution in [0.2, 0.25) is 0 Å². The molecule has 1 heterocycles. The molecule has 1 aliphatic rings. The summed E-state index contributed by atoms with van der Waals surface area (Å²) in [7, 11) is 2.07. The highest BCUT2D eigenvalue weighted by Gasteiger charge is 2.27. The van der Waals surface area contributed by atoms with Crippen molar-refractivity contribution in [3.05, 3.63) is 28.3 Å². The molecule has 4 nitrogen and oxygen atoms in total. The lowest BCUT2D eigenvalue weighted by atomic mass is 10.2. The molecule has 1 fully saturated rings. The van der Waals surface area contributed by atoms with Gasteiger partial charge in [-0.25, -0.2) is 0 Å². The van der Waals surface area contributed by atoms with Gasteiger partial charge in [-0.05, 0) is 32.1 Å². The van der Waals surface area contributed by atoms with Crippen molar-refractivity contribution in [3.63, 3.8) is 0 Å². The Hall–Kier alpha value is -0.940. The van der Waals surface area contributed by atoms with Crippen molar-refractivity contribution in [2.24, 2.45) is 0 Å². The first kappa shape index (κ1) is 14.5. The topological polar surface area (TPSA) is 53.7 Å². The van der Waals surface area contributed by atoms with Gasteiger partial charge in [-0.1, -0.05) is 6.92 Å². The largest absolute Gasteiger partial charge is 0.502 e. The Balaban J connectivity index is 1.92. The van der Waals surface area contributed by atoms with E-state index in [9.17, 15) is 4.79 Å². The molecule has 2 atom stereocenters. The van der Waals surface area contributed by atoms with E-state index in [4.69, 9.17) is 9.52 Å². The van der Waals surface area contributed by atoms with Crippen LogP contribution in [0.15, 0.2) is 21.5 Å². The lowest BCUT2D eigenvalue weighted by Crippen LogP contribution is -2.29. The fraction of sp³-hybridized carbons (Fsp3) is 0.643. The predicted octanol–water partition coefficient (Wildman–Crippen LogP) is 2.45. The molecule has 1 aliphatic carbocycles. The van der Waals surface area contributed by atoms with Crippen molar-refractivity contribution in [1.82, 2.24) is 4.90 Å². The quantitative estimate of drug-likeness (QED) is 0.899. The zero-order valence-electron chi connectivity index (χ0n) is 11.5. The van der Waals surface area contributed by atoms with E-state index in [1.807, 2.05) is 11.8 Å². The van der Waals surface area contributed by atoms with Gasteiger partial charge >= 0.3 is 0 Å². The van der Waals surface area contributed by atoms with Gasteiger partial charge in [-0.2, -0.15) is 11.8 Å². The first-order valence-corrected chi connectivity index (χ1v) is 7.77. The minimum absolute atomic E-state index is 0.327. The zero-order valence-corrected chi connectivity index (χ0v) is 12.3. The minimum Gasteiger partial charge on any atom is -0.502 e. The Morgan fingerprint density at radius 1 is 1.53 bits per heavy atom. The van der Waals surface area contributed by atoms with Crippen LogP contribution in [-0.4, -0.2) is 34.1 Å². The number of hydrogen-bond donors (Lipinski definition) is 1. The summed E-state index contributed by atoms with van der Waals surface area (Å²) in [5.74, 6) is 1.46. The molecule has 0 aromatic carbocycles. The standard InChI is InChI=1S/C14H21NO3S/c1-3-19-12-5-4-10(6-12)15(2)8-11-7-13(16)14(17)9-18-11/h7,9-10,12,17H,3-6,8H2,1-2H3. The second-order valence-electron chi connectivity index (χ2n) is 5.06. The van der Waals surface area contributed by atoms with Crippen LogP contribution in [0.4, 0.5) is 0 Å². The van der Waals surface area contributed by atoms with Crippen LogP contribution in [-0.2, 0) is 6.54 Å². The third kappa shape index (κ3) is 3.76. The first-order valence-electron chi connectivity index (χ1n) is 6.72. The second kappa shape index (κ2) is 6.48. The third-order valence-corrected chi connectivity index (χ3v) is 4.89. The van der Waals surface area contributed by atoms with E-state index in [-0.39, 0.29) is 11.2 Å². The molecule has 106 valence electrons. The van der Waals surface area contributed by atoms with Crippen molar-refractivity contribution in [3.8, 4) is 5.75 Å². The monoisotopic (exact) mass is 283 g/mol. The summed E-state index contributed by atoms with van der Waals surface area (Å²) >= 11 is 2.04. The van der Waals surface area contributed by atoms with E-state index in [1.165, 1.54) is 31.1 Å². The molecule has 0 amide bonds. The maximum Gasteiger partial charge on any atom is 0.226 e. The summed E-state index contributed by atoms with van der Waals surface area (Å²) in [5.41, 5.74) is -0.375. The summed E-state index contributed by atoms with van der Waals surface area (Å²) in [6, 6.07) is 1.93.